The van der Waals surface area contributed by atoms with Crippen molar-refractivity contribution in [2.45, 2.75) is 27.4 Å². The molecule has 0 fully saturated rings. The molecule has 0 saturated carbocycles. The van der Waals surface area contributed by atoms with Crippen LogP contribution in [0.4, 0.5) is 0 Å². The first-order chi connectivity index (χ1) is 13.4. The number of Topliss-reactive ketones (excluding diaryl/α,β-unsaturated/α-hetero) is 1. The second-order valence-electron chi connectivity index (χ2n) is 6.46. The molecular formula is C22H21NO4S. The Labute approximate surface area is 168 Å². The fourth-order valence-corrected chi connectivity index (χ4v) is 3.31. The van der Waals surface area contributed by atoms with Crippen molar-refractivity contribution in [3.63, 3.8) is 0 Å². The van der Waals surface area contributed by atoms with Crippen molar-refractivity contribution in [3.8, 4) is 5.75 Å². The lowest BCUT2D eigenvalue weighted by atomic mass is 10.0. The number of ketones is 1. The molecule has 28 heavy (non-hydrogen) atoms. The highest BCUT2D eigenvalue weighted by Crippen LogP contribution is 2.21. The van der Waals surface area contributed by atoms with E-state index in [2.05, 4.69) is 4.98 Å². The molecule has 0 amide bonds. The summed E-state index contributed by atoms with van der Waals surface area (Å²) in [6.07, 6.45) is 0. The third-order valence-corrected chi connectivity index (χ3v) is 5.00. The van der Waals surface area contributed by atoms with E-state index in [1.165, 1.54) is 0 Å². The van der Waals surface area contributed by atoms with Crippen LogP contribution in [0.2, 0.25) is 0 Å². The summed E-state index contributed by atoms with van der Waals surface area (Å²) < 4.78 is 11.0. The number of hydrogen-bond acceptors (Lipinski definition) is 6. The molecule has 1 heterocycles. The van der Waals surface area contributed by atoms with E-state index in [1.807, 2.05) is 38.3 Å². The predicted molar refractivity (Wildman–Crippen MR) is 108 cm³/mol. The number of thiazole rings is 1. The maximum Gasteiger partial charge on any atom is 0.342 e. The van der Waals surface area contributed by atoms with Gasteiger partial charge in [-0.15, -0.1) is 11.3 Å². The van der Waals surface area contributed by atoms with Crippen molar-refractivity contribution in [3.05, 3.63) is 80.8 Å². The summed E-state index contributed by atoms with van der Waals surface area (Å²) in [5.41, 5.74) is 3.49. The molecule has 0 aliphatic carbocycles. The molecular weight excluding hydrogens is 374 g/mol. The highest BCUT2D eigenvalue weighted by molar-refractivity contribution is 7.09. The van der Waals surface area contributed by atoms with Gasteiger partial charge in [0.05, 0.1) is 10.7 Å². The zero-order valence-electron chi connectivity index (χ0n) is 16.0. The molecule has 0 spiro atoms. The number of benzene rings is 2. The molecule has 3 rings (SSSR count). The maximum absolute atomic E-state index is 12.5. The van der Waals surface area contributed by atoms with Crippen LogP contribution < -0.4 is 4.74 Å². The van der Waals surface area contributed by atoms with Crippen LogP contribution in [-0.4, -0.2) is 23.3 Å². The topological polar surface area (TPSA) is 65.5 Å². The van der Waals surface area contributed by atoms with E-state index < -0.39 is 5.97 Å². The van der Waals surface area contributed by atoms with E-state index in [0.717, 1.165) is 21.8 Å². The van der Waals surface area contributed by atoms with Crippen molar-refractivity contribution in [2.24, 2.45) is 0 Å². The quantitative estimate of drug-likeness (QED) is 0.429. The predicted octanol–water partition coefficient (Wildman–Crippen LogP) is 4.69. The van der Waals surface area contributed by atoms with Gasteiger partial charge in [0.25, 0.3) is 0 Å². The summed E-state index contributed by atoms with van der Waals surface area (Å²) in [7, 11) is 0. The molecule has 0 radical (unpaired) electrons. The lowest BCUT2D eigenvalue weighted by Gasteiger charge is -2.11. The number of ether oxygens (including phenoxy) is 2. The van der Waals surface area contributed by atoms with Gasteiger partial charge < -0.3 is 9.47 Å². The lowest BCUT2D eigenvalue weighted by molar-refractivity contribution is 0.0470. The molecule has 0 bridgehead atoms. The smallest absolute Gasteiger partial charge is 0.342 e. The Hall–Kier alpha value is -2.99. The summed E-state index contributed by atoms with van der Waals surface area (Å²) in [4.78, 5) is 29.3. The van der Waals surface area contributed by atoms with Crippen LogP contribution in [0.1, 0.15) is 42.5 Å². The average molecular weight is 395 g/mol. The van der Waals surface area contributed by atoms with Crippen LogP contribution in [-0.2, 0) is 11.3 Å². The summed E-state index contributed by atoms with van der Waals surface area (Å²) >= 11 is 1.54. The monoisotopic (exact) mass is 395 g/mol. The van der Waals surface area contributed by atoms with Gasteiger partial charge in [-0.05, 0) is 44.5 Å². The van der Waals surface area contributed by atoms with Gasteiger partial charge in [-0.25, -0.2) is 9.78 Å². The fourth-order valence-electron chi connectivity index (χ4n) is 2.71. The van der Waals surface area contributed by atoms with Crippen molar-refractivity contribution in [1.29, 1.82) is 0 Å². The van der Waals surface area contributed by atoms with Gasteiger partial charge in [0.15, 0.2) is 6.61 Å². The van der Waals surface area contributed by atoms with Crippen molar-refractivity contribution in [1.82, 2.24) is 4.98 Å². The molecule has 1 aromatic heterocycles. The molecule has 0 N–H and O–H groups in total. The van der Waals surface area contributed by atoms with E-state index in [9.17, 15) is 9.59 Å². The summed E-state index contributed by atoms with van der Waals surface area (Å²) in [6.45, 7) is 5.64. The minimum absolute atomic E-state index is 0.231. The minimum Gasteiger partial charge on any atom is -0.486 e. The first-order valence-electron chi connectivity index (χ1n) is 8.84. The van der Waals surface area contributed by atoms with Crippen molar-refractivity contribution in [2.75, 3.05) is 6.61 Å². The first-order valence-corrected chi connectivity index (χ1v) is 9.72. The molecule has 144 valence electrons. The number of hydrogen-bond donors (Lipinski definition) is 0. The minimum atomic E-state index is -0.594. The SMILES string of the molecule is Cc1ccc(C)c(C(=O)COC(=O)c2ccccc2OCc2csc(C)n2)c1. The Kier molecular flexibility index (Phi) is 6.21. The second-order valence-corrected chi connectivity index (χ2v) is 7.52. The molecule has 0 saturated heterocycles. The van der Waals surface area contributed by atoms with Gasteiger partial charge in [-0.2, -0.15) is 0 Å². The molecule has 5 nitrogen and oxygen atoms in total. The Morgan fingerprint density at radius 1 is 1.04 bits per heavy atom. The van der Waals surface area contributed by atoms with Crippen LogP contribution in [0.5, 0.6) is 5.75 Å². The number of carbonyl (C=O) groups excluding carboxylic acids is 2. The Balaban J connectivity index is 1.65. The molecule has 3 aromatic rings. The van der Waals surface area contributed by atoms with Gasteiger partial charge in [0.1, 0.15) is 17.9 Å². The molecule has 0 aliphatic heterocycles. The molecule has 6 heteroatoms. The molecule has 0 unspecified atom stereocenters. The lowest BCUT2D eigenvalue weighted by Crippen LogP contribution is -2.16. The van der Waals surface area contributed by atoms with Gasteiger partial charge in [0, 0.05) is 10.9 Å². The molecule has 0 aliphatic rings. The van der Waals surface area contributed by atoms with E-state index >= 15 is 0 Å². The number of aromatic nitrogens is 1. The van der Waals surface area contributed by atoms with Gasteiger partial charge in [-0.3, -0.25) is 4.79 Å². The molecule has 2 aromatic carbocycles. The second kappa shape index (κ2) is 8.80. The van der Waals surface area contributed by atoms with Gasteiger partial charge in [-0.1, -0.05) is 29.8 Å². The van der Waals surface area contributed by atoms with Gasteiger partial charge >= 0.3 is 5.97 Å². The van der Waals surface area contributed by atoms with Gasteiger partial charge in [0.2, 0.25) is 5.78 Å². The number of rotatable bonds is 7. The zero-order valence-corrected chi connectivity index (χ0v) is 16.8. The maximum atomic E-state index is 12.5. The highest BCUT2D eigenvalue weighted by atomic mass is 32.1. The first kappa shape index (κ1) is 19.8. The average Bonchev–Trinajstić information content (AvgIpc) is 3.11. The molecule has 0 atom stereocenters. The van der Waals surface area contributed by atoms with Crippen molar-refractivity contribution >= 4 is 23.1 Å². The number of nitrogens with zero attached hydrogens (tertiary/aromatic N) is 1. The third kappa shape index (κ3) is 4.84. The standard InChI is InChI=1S/C22H21NO4S/c1-14-8-9-15(2)19(10-14)20(24)12-27-22(25)18-6-4-5-7-21(18)26-11-17-13-28-16(3)23-17/h4-10,13H,11-12H2,1-3H3. The normalized spacial score (nSPS) is 10.5. The zero-order chi connectivity index (χ0) is 20.1. The summed E-state index contributed by atoms with van der Waals surface area (Å²) in [5.74, 6) is -0.424. The number of aryl methyl sites for hydroxylation is 3. The Morgan fingerprint density at radius 3 is 2.57 bits per heavy atom. The van der Waals surface area contributed by atoms with E-state index in [-0.39, 0.29) is 24.6 Å². The summed E-state index contributed by atoms with van der Waals surface area (Å²) in [6, 6.07) is 12.4. The van der Waals surface area contributed by atoms with Crippen LogP contribution in [0.3, 0.4) is 0 Å². The van der Waals surface area contributed by atoms with Crippen LogP contribution in [0, 0.1) is 20.8 Å². The van der Waals surface area contributed by atoms with E-state index in [1.54, 1.807) is 41.7 Å². The fraction of sp³-hybridized carbons (Fsp3) is 0.227. The summed E-state index contributed by atoms with van der Waals surface area (Å²) in [5, 5.41) is 2.87. The third-order valence-electron chi connectivity index (χ3n) is 4.18. The van der Waals surface area contributed by atoms with Crippen molar-refractivity contribution < 1.29 is 19.1 Å². The number of carbonyl (C=O) groups is 2. The Morgan fingerprint density at radius 2 is 1.82 bits per heavy atom. The van der Waals surface area contributed by atoms with Crippen LogP contribution in [0.25, 0.3) is 0 Å². The number of para-hydroxylation sites is 1. The highest BCUT2D eigenvalue weighted by Gasteiger charge is 2.17. The van der Waals surface area contributed by atoms with E-state index in [0.29, 0.717) is 11.3 Å². The number of esters is 1. The van der Waals surface area contributed by atoms with Crippen LogP contribution in [0.15, 0.2) is 47.8 Å². The van der Waals surface area contributed by atoms with Crippen LogP contribution >= 0.6 is 11.3 Å². The Bertz CT molecular complexity index is 1010. The van der Waals surface area contributed by atoms with E-state index in [4.69, 9.17) is 9.47 Å². The largest absolute Gasteiger partial charge is 0.486 e.